The van der Waals surface area contributed by atoms with Crippen LogP contribution >= 0.6 is 0 Å². The second kappa shape index (κ2) is 7.51. The maximum atomic E-state index is 13.9. The Morgan fingerprint density at radius 1 is 1.10 bits per heavy atom. The molecule has 1 aliphatic heterocycles. The summed E-state index contributed by atoms with van der Waals surface area (Å²) < 4.78 is 27.5. The van der Waals surface area contributed by atoms with Gasteiger partial charge in [0, 0.05) is 55.5 Å². The van der Waals surface area contributed by atoms with Crippen LogP contribution in [0, 0.1) is 11.6 Å². The van der Waals surface area contributed by atoms with Crippen LogP contribution in [0.1, 0.15) is 20.8 Å². The average molecular weight is 412 g/mol. The fourth-order valence-corrected chi connectivity index (χ4v) is 4.31. The Hall–Kier alpha value is -3.29. The van der Waals surface area contributed by atoms with Gasteiger partial charge in [0.2, 0.25) is 5.91 Å². The van der Waals surface area contributed by atoms with E-state index in [0.717, 1.165) is 11.8 Å². The summed E-state index contributed by atoms with van der Waals surface area (Å²) in [4.78, 5) is 35.0. The van der Waals surface area contributed by atoms with E-state index in [1.165, 1.54) is 0 Å². The molecule has 4 rings (SSSR count). The highest BCUT2D eigenvalue weighted by molar-refractivity contribution is 5.80. The Balaban J connectivity index is 1.63. The number of fused-ring (bicyclic) bond motifs is 1. The van der Waals surface area contributed by atoms with Crippen molar-refractivity contribution in [1.82, 2.24) is 14.9 Å². The van der Waals surface area contributed by atoms with Gasteiger partial charge in [0.1, 0.15) is 22.8 Å². The van der Waals surface area contributed by atoms with Crippen molar-refractivity contribution in [3.05, 3.63) is 58.4 Å². The molecule has 1 fully saturated rings. The molecule has 1 amide bonds. The first-order valence-electron chi connectivity index (χ1n) is 9.78. The van der Waals surface area contributed by atoms with Crippen molar-refractivity contribution in [3.63, 3.8) is 0 Å². The van der Waals surface area contributed by atoms with Crippen molar-refractivity contribution in [2.75, 3.05) is 18.0 Å². The van der Waals surface area contributed by atoms with E-state index in [2.05, 4.69) is 14.9 Å². The number of halogens is 2. The minimum Gasteiger partial charge on any atom is -0.367 e. The molecular weight excluding hydrogens is 390 g/mol. The van der Waals surface area contributed by atoms with Crippen molar-refractivity contribution in [2.24, 2.45) is 0 Å². The fourth-order valence-electron chi connectivity index (χ4n) is 4.31. The van der Waals surface area contributed by atoms with Crippen LogP contribution in [0.25, 0.3) is 22.3 Å². The van der Waals surface area contributed by atoms with Gasteiger partial charge in [0.15, 0.2) is 0 Å². The number of hydrogen-bond acceptors (Lipinski definition) is 4. The molecule has 30 heavy (non-hydrogen) atoms. The van der Waals surface area contributed by atoms with Crippen LogP contribution in [0.15, 0.2) is 41.2 Å². The first kappa shape index (κ1) is 20.0. The molecular formula is C22H22F2N4O2. The predicted molar refractivity (Wildman–Crippen MR) is 111 cm³/mol. The summed E-state index contributed by atoms with van der Waals surface area (Å²) in [6.07, 6.45) is 0. The van der Waals surface area contributed by atoms with Gasteiger partial charge in [-0.2, -0.15) is 0 Å². The molecule has 1 aliphatic rings. The Kier molecular flexibility index (Phi) is 5.01. The molecule has 0 saturated carbocycles. The summed E-state index contributed by atoms with van der Waals surface area (Å²) in [6, 6.07) is 9.33. The molecule has 1 saturated heterocycles. The molecule has 0 spiro atoms. The van der Waals surface area contributed by atoms with Crippen LogP contribution in [0.5, 0.6) is 0 Å². The molecule has 0 radical (unpaired) electrons. The van der Waals surface area contributed by atoms with Crippen LogP contribution in [0.3, 0.4) is 0 Å². The van der Waals surface area contributed by atoms with Gasteiger partial charge in [-0.1, -0.05) is 0 Å². The lowest BCUT2D eigenvalue weighted by molar-refractivity contribution is -0.133. The van der Waals surface area contributed by atoms with E-state index in [1.54, 1.807) is 6.92 Å². The third-order valence-electron chi connectivity index (χ3n) is 5.51. The number of rotatable bonds is 2. The normalized spacial score (nSPS) is 19.4. The lowest BCUT2D eigenvalue weighted by atomic mass is 10.1. The number of carbonyl (C=O) groups is 1. The SMILES string of the molecule is CC(=O)N1C(C)CN(c2ccc(-c3nc4cc(F)cc(F)c4c(=O)[nH]3)cc2)CC1C. The minimum absolute atomic E-state index is 0.0293. The number of amides is 1. The highest BCUT2D eigenvalue weighted by Gasteiger charge is 2.31. The second-order valence-corrected chi connectivity index (χ2v) is 7.77. The summed E-state index contributed by atoms with van der Waals surface area (Å²) in [5, 5.41) is -0.261. The predicted octanol–water partition coefficient (Wildman–Crippen LogP) is 3.31. The second-order valence-electron chi connectivity index (χ2n) is 7.77. The molecule has 2 unspecified atom stereocenters. The van der Waals surface area contributed by atoms with Gasteiger partial charge >= 0.3 is 0 Å². The Bertz CT molecular complexity index is 1160. The summed E-state index contributed by atoms with van der Waals surface area (Å²) >= 11 is 0. The zero-order valence-electron chi connectivity index (χ0n) is 16.9. The zero-order chi connectivity index (χ0) is 21.6. The minimum atomic E-state index is -0.936. The first-order valence-corrected chi connectivity index (χ1v) is 9.78. The summed E-state index contributed by atoms with van der Waals surface area (Å²) in [5.41, 5.74) is 0.935. The van der Waals surface area contributed by atoms with E-state index in [-0.39, 0.29) is 34.7 Å². The third kappa shape index (κ3) is 3.53. The smallest absolute Gasteiger partial charge is 0.262 e. The lowest BCUT2D eigenvalue weighted by Gasteiger charge is -2.45. The quantitative estimate of drug-likeness (QED) is 0.701. The van der Waals surface area contributed by atoms with Crippen molar-refractivity contribution in [2.45, 2.75) is 32.9 Å². The Morgan fingerprint density at radius 3 is 2.33 bits per heavy atom. The molecule has 0 bridgehead atoms. The van der Waals surface area contributed by atoms with Crippen LogP contribution in [0.2, 0.25) is 0 Å². The molecule has 2 aromatic carbocycles. The van der Waals surface area contributed by atoms with Crippen LogP contribution in [-0.2, 0) is 4.79 Å². The Morgan fingerprint density at radius 2 is 1.73 bits per heavy atom. The monoisotopic (exact) mass is 412 g/mol. The molecule has 6 nitrogen and oxygen atoms in total. The highest BCUT2D eigenvalue weighted by Crippen LogP contribution is 2.26. The maximum Gasteiger partial charge on any atom is 0.262 e. The third-order valence-corrected chi connectivity index (χ3v) is 5.51. The van der Waals surface area contributed by atoms with Gasteiger partial charge in [-0.15, -0.1) is 0 Å². The lowest BCUT2D eigenvalue weighted by Crippen LogP contribution is -2.58. The van der Waals surface area contributed by atoms with Gasteiger partial charge in [0.25, 0.3) is 5.56 Å². The fraction of sp³-hybridized carbons (Fsp3) is 0.318. The summed E-state index contributed by atoms with van der Waals surface area (Å²) in [7, 11) is 0. The summed E-state index contributed by atoms with van der Waals surface area (Å²) in [5.74, 6) is -1.41. The molecule has 2 heterocycles. The van der Waals surface area contributed by atoms with E-state index >= 15 is 0 Å². The molecule has 3 aromatic rings. The van der Waals surface area contributed by atoms with Crippen molar-refractivity contribution in [1.29, 1.82) is 0 Å². The highest BCUT2D eigenvalue weighted by atomic mass is 19.1. The number of benzene rings is 2. The number of anilines is 1. The van der Waals surface area contributed by atoms with Crippen molar-refractivity contribution < 1.29 is 13.6 Å². The number of aromatic nitrogens is 2. The van der Waals surface area contributed by atoms with E-state index in [9.17, 15) is 18.4 Å². The number of aromatic amines is 1. The topological polar surface area (TPSA) is 69.3 Å². The number of nitrogens with zero attached hydrogens (tertiary/aromatic N) is 3. The summed E-state index contributed by atoms with van der Waals surface area (Å²) in [6.45, 7) is 7.08. The molecule has 1 aromatic heterocycles. The van der Waals surface area contributed by atoms with Gasteiger partial charge < -0.3 is 14.8 Å². The van der Waals surface area contributed by atoms with E-state index < -0.39 is 17.2 Å². The average Bonchev–Trinajstić information content (AvgIpc) is 2.66. The van der Waals surface area contributed by atoms with Gasteiger partial charge in [-0.05, 0) is 38.1 Å². The zero-order valence-corrected chi connectivity index (χ0v) is 16.9. The molecule has 0 aliphatic carbocycles. The maximum absolute atomic E-state index is 13.9. The van der Waals surface area contributed by atoms with E-state index in [1.807, 2.05) is 43.0 Å². The van der Waals surface area contributed by atoms with Crippen LogP contribution in [0.4, 0.5) is 14.5 Å². The first-order chi connectivity index (χ1) is 14.2. The van der Waals surface area contributed by atoms with E-state index in [4.69, 9.17) is 0 Å². The van der Waals surface area contributed by atoms with Crippen LogP contribution < -0.4 is 10.5 Å². The largest absolute Gasteiger partial charge is 0.367 e. The number of nitrogens with one attached hydrogen (secondary N) is 1. The Labute approximate surface area is 172 Å². The number of H-pyrrole nitrogens is 1. The van der Waals surface area contributed by atoms with Crippen molar-refractivity contribution >= 4 is 22.5 Å². The number of carbonyl (C=O) groups excluding carboxylic acids is 1. The molecule has 156 valence electrons. The molecule has 1 N–H and O–H groups in total. The van der Waals surface area contributed by atoms with Gasteiger partial charge in [-0.3, -0.25) is 9.59 Å². The van der Waals surface area contributed by atoms with Crippen LogP contribution in [-0.4, -0.2) is 45.9 Å². The number of piperazine rings is 1. The molecule has 2 atom stereocenters. The van der Waals surface area contributed by atoms with E-state index in [0.29, 0.717) is 24.7 Å². The molecule has 8 heteroatoms. The number of hydrogen-bond donors (Lipinski definition) is 1. The van der Waals surface area contributed by atoms with Gasteiger partial charge in [-0.25, -0.2) is 13.8 Å². The van der Waals surface area contributed by atoms with Crippen molar-refractivity contribution in [3.8, 4) is 11.4 Å². The van der Waals surface area contributed by atoms with Gasteiger partial charge in [0.05, 0.1) is 5.52 Å². The standard InChI is InChI=1S/C22H22F2N4O2/c1-12-10-27(11-13(2)28(12)14(3)29)17-6-4-15(5-7-17)21-25-19-9-16(23)8-18(24)20(19)22(30)26-21/h4-9,12-13H,10-11H2,1-3H3,(H,25,26,30).